The van der Waals surface area contributed by atoms with Crippen molar-refractivity contribution < 1.29 is 9.47 Å². The molecule has 3 rings (SSSR count). The van der Waals surface area contributed by atoms with E-state index in [1.165, 1.54) is 19.3 Å². The molecule has 3 heterocycles. The standard InChI is InChI=1S/C20H36N6O2/c1-2-21-20(23-12-7-14-28-17-10-15-27-16-17)22-11-6-9-19-25-24-18-8-4-3-5-13-26(18)19/h17H,2-16H2,1H3,(H2,21,22,23). The molecule has 28 heavy (non-hydrogen) atoms. The van der Waals surface area contributed by atoms with Crippen molar-refractivity contribution in [1.82, 2.24) is 25.4 Å². The number of rotatable bonds is 10. The average molecular weight is 393 g/mol. The number of nitrogens with zero attached hydrogens (tertiary/aromatic N) is 4. The minimum atomic E-state index is 0.286. The number of guanidine groups is 1. The topological polar surface area (TPSA) is 85.6 Å². The van der Waals surface area contributed by atoms with Gasteiger partial charge >= 0.3 is 0 Å². The number of hydrogen-bond acceptors (Lipinski definition) is 5. The molecule has 0 aliphatic carbocycles. The summed E-state index contributed by atoms with van der Waals surface area (Å²) in [7, 11) is 0. The van der Waals surface area contributed by atoms with E-state index in [1.807, 2.05) is 0 Å². The molecule has 1 aromatic rings. The first-order valence-corrected chi connectivity index (χ1v) is 11.0. The van der Waals surface area contributed by atoms with Crippen molar-refractivity contribution in [3.8, 4) is 0 Å². The highest BCUT2D eigenvalue weighted by molar-refractivity contribution is 5.79. The zero-order valence-electron chi connectivity index (χ0n) is 17.3. The molecule has 8 heteroatoms. The lowest BCUT2D eigenvalue weighted by atomic mass is 10.2. The summed E-state index contributed by atoms with van der Waals surface area (Å²) in [6, 6.07) is 0. The third kappa shape index (κ3) is 6.74. The normalized spacial score (nSPS) is 20.0. The highest BCUT2D eigenvalue weighted by Gasteiger charge is 2.15. The Labute approximate surface area is 168 Å². The number of hydrogen-bond donors (Lipinski definition) is 2. The quantitative estimate of drug-likeness (QED) is 0.358. The number of aliphatic imine (C=N–C) groups is 1. The molecule has 0 radical (unpaired) electrons. The molecule has 1 aromatic heterocycles. The van der Waals surface area contributed by atoms with Crippen LogP contribution in [0.3, 0.4) is 0 Å². The van der Waals surface area contributed by atoms with Crippen molar-refractivity contribution in [2.45, 2.75) is 70.9 Å². The zero-order valence-corrected chi connectivity index (χ0v) is 17.3. The van der Waals surface area contributed by atoms with Crippen LogP contribution in [0.1, 0.15) is 57.1 Å². The Morgan fingerprint density at radius 1 is 1.25 bits per heavy atom. The van der Waals surface area contributed by atoms with Gasteiger partial charge in [0.1, 0.15) is 11.6 Å². The van der Waals surface area contributed by atoms with E-state index in [1.54, 1.807) is 0 Å². The Hall–Kier alpha value is -1.67. The molecule has 2 aliphatic heterocycles. The Bertz CT molecular complexity index is 598. The van der Waals surface area contributed by atoms with Crippen LogP contribution < -0.4 is 10.6 Å². The van der Waals surface area contributed by atoms with Crippen LogP contribution >= 0.6 is 0 Å². The number of aromatic nitrogens is 3. The molecule has 0 spiro atoms. The van der Waals surface area contributed by atoms with Gasteiger partial charge in [0.25, 0.3) is 0 Å². The van der Waals surface area contributed by atoms with E-state index in [0.717, 1.165) is 95.7 Å². The fourth-order valence-corrected chi connectivity index (χ4v) is 3.67. The molecule has 8 nitrogen and oxygen atoms in total. The molecule has 0 bridgehead atoms. The molecular weight excluding hydrogens is 356 g/mol. The Morgan fingerprint density at radius 2 is 2.21 bits per heavy atom. The van der Waals surface area contributed by atoms with Crippen LogP contribution in [0.4, 0.5) is 0 Å². The summed E-state index contributed by atoms with van der Waals surface area (Å²) in [5.74, 6) is 3.17. The lowest BCUT2D eigenvalue weighted by Crippen LogP contribution is -2.38. The van der Waals surface area contributed by atoms with Crippen LogP contribution in [0.2, 0.25) is 0 Å². The van der Waals surface area contributed by atoms with Gasteiger partial charge in [-0.2, -0.15) is 0 Å². The second-order valence-electron chi connectivity index (χ2n) is 7.50. The van der Waals surface area contributed by atoms with Gasteiger partial charge in [0.2, 0.25) is 0 Å². The van der Waals surface area contributed by atoms with Crippen LogP contribution in [0.5, 0.6) is 0 Å². The fraction of sp³-hybridized carbons (Fsp3) is 0.850. The fourth-order valence-electron chi connectivity index (χ4n) is 3.67. The van der Waals surface area contributed by atoms with E-state index >= 15 is 0 Å². The first-order chi connectivity index (χ1) is 13.9. The van der Waals surface area contributed by atoms with Gasteiger partial charge in [0.15, 0.2) is 5.96 Å². The smallest absolute Gasteiger partial charge is 0.191 e. The van der Waals surface area contributed by atoms with Gasteiger partial charge in [0, 0.05) is 52.2 Å². The predicted octanol–water partition coefficient (Wildman–Crippen LogP) is 1.69. The lowest BCUT2D eigenvalue weighted by molar-refractivity contribution is 0.0420. The summed E-state index contributed by atoms with van der Waals surface area (Å²) in [4.78, 5) is 4.69. The van der Waals surface area contributed by atoms with Gasteiger partial charge in [-0.25, -0.2) is 0 Å². The summed E-state index contributed by atoms with van der Waals surface area (Å²) in [5, 5.41) is 15.5. The first-order valence-electron chi connectivity index (χ1n) is 11.0. The number of ether oxygens (including phenoxy) is 2. The van der Waals surface area contributed by atoms with E-state index in [2.05, 4.69) is 32.3 Å². The molecule has 1 saturated heterocycles. The summed E-state index contributed by atoms with van der Waals surface area (Å²) < 4.78 is 13.5. The van der Waals surface area contributed by atoms with Crippen LogP contribution in [0.25, 0.3) is 0 Å². The van der Waals surface area contributed by atoms with E-state index in [-0.39, 0.29) is 6.10 Å². The molecule has 1 atom stereocenters. The summed E-state index contributed by atoms with van der Waals surface area (Å²) in [5.41, 5.74) is 0. The number of aryl methyl sites for hydroxylation is 2. The van der Waals surface area contributed by atoms with Crippen molar-refractivity contribution in [1.29, 1.82) is 0 Å². The van der Waals surface area contributed by atoms with Crippen molar-refractivity contribution in [3.63, 3.8) is 0 Å². The maximum atomic E-state index is 5.80. The molecule has 158 valence electrons. The van der Waals surface area contributed by atoms with Gasteiger partial charge in [0.05, 0.1) is 12.7 Å². The SMILES string of the molecule is CCNC(=NCCCc1nnc2n1CCCCC2)NCCCOC1CCOC1. The first kappa shape index (κ1) is 21.0. The zero-order chi connectivity index (χ0) is 19.4. The average Bonchev–Trinajstić information content (AvgIpc) is 3.29. The second-order valence-corrected chi connectivity index (χ2v) is 7.50. The summed E-state index contributed by atoms with van der Waals surface area (Å²) >= 11 is 0. The van der Waals surface area contributed by atoms with Gasteiger partial charge in [-0.3, -0.25) is 4.99 Å². The van der Waals surface area contributed by atoms with Gasteiger partial charge < -0.3 is 24.7 Å². The van der Waals surface area contributed by atoms with Crippen LogP contribution in [-0.2, 0) is 28.9 Å². The van der Waals surface area contributed by atoms with Crippen LogP contribution in [-0.4, -0.2) is 66.3 Å². The Kier molecular flexibility index (Phi) is 9.03. The lowest BCUT2D eigenvalue weighted by Gasteiger charge is -2.13. The second kappa shape index (κ2) is 12.0. The maximum Gasteiger partial charge on any atom is 0.191 e. The number of nitrogens with one attached hydrogen (secondary N) is 2. The van der Waals surface area contributed by atoms with E-state index < -0.39 is 0 Å². The molecule has 2 N–H and O–H groups in total. The van der Waals surface area contributed by atoms with Crippen molar-refractivity contribution in [3.05, 3.63) is 11.6 Å². The molecule has 0 aromatic carbocycles. The minimum Gasteiger partial charge on any atom is -0.379 e. The van der Waals surface area contributed by atoms with E-state index in [9.17, 15) is 0 Å². The molecular formula is C20H36N6O2. The summed E-state index contributed by atoms with van der Waals surface area (Å²) in [6.45, 7) is 8.00. The van der Waals surface area contributed by atoms with Crippen molar-refractivity contribution in [2.24, 2.45) is 4.99 Å². The van der Waals surface area contributed by atoms with E-state index in [4.69, 9.17) is 14.5 Å². The third-order valence-corrected chi connectivity index (χ3v) is 5.21. The minimum absolute atomic E-state index is 0.286. The van der Waals surface area contributed by atoms with Gasteiger partial charge in [-0.15, -0.1) is 10.2 Å². The molecule has 0 saturated carbocycles. The highest BCUT2D eigenvalue weighted by atomic mass is 16.5. The molecule has 1 unspecified atom stereocenters. The van der Waals surface area contributed by atoms with E-state index in [0.29, 0.717) is 0 Å². The van der Waals surface area contributed by atoms with Crippen molar-refractivity contribution in [2.75, 3.05) is 39.5 Å². The summed E-state index contributed by atoms with van der Waals surface area (Å²) in [6.07, 6.45) is 9.03. The third-order valence-electron chi connectivity index (χ3n) is 5.21. The van der Waals surface area contributed by atoms with Crippen LogP contribution in [0, 0.1) is 0 Å². The van der Waals surface area contributed by atoms with Gasteiger partial charge in [-0.05, 0) is 39.0 Å². The Morgan fingerprint density at radius 3 is 3.07 bits per heavy atom. The largest absolute Gasteiger partial charge is 0.379 e. The maximum absolute atomic E-state index is 5.80. The van der Waals surface area contributed by atoms with Gasteiger partial charge in [-0.1, -0.05) is 6.42 Å². The molecule has 2 aliphatic rings. The monoisotopic (exact) mass is 392 g/mol. The molecule has 1 fully saturated rings. The van der Waals surface area contributed by atoms with Crippen LogP contribution in [0.15, 0.2) is 4.99 Å². The van der Waals surface area contributed by atoms with Crippen molar-refractivity contribution >= 4 is 5.96 Å². The predicted molar refractivity (Wildman–Crippen MR) is 110 cm³/mol. The molecule has 0 amide bonds. The highest BCUT2D eigenvalue weighted by Crippen LogP contribution is 2.15. The Balaban J connectivity index is 1.34. The number of fused-ring (bicyclic) bond motifs is 1.